The number of rotatable bonds is 6. The highest BCUT2D eigenvalue weighted by atomic mass is 32.2. The Balaban J connectivity index is 1.67. The highest BCUT2D eigenvalue weighted by Crippen LogP contribution is 2.30. The number of anilines is 1. The van der Waals surface area contributed by atoms with Crippen LogP contribution in [0, 0.1) is 15.9 Å². The molecule has 1 saturated heterocycles. The quantitative estimate of drug-likeness (QED) is 0.424. The molecule has 0 aromatic heterocycles. The molecule has 0 spiro atoms. The predicted molar refractivity (Wildman–Crippen MR) is 110 cm³/mol. The first-order valence-corrected chi connectivity index (χ1v) is 9.37. The summed E-state index contributed by atoms with van der Waals surface area (Å²) in [6.45, 7) is -0.521. The Labute approximate surface area is 174 Å². The number of nitrogens with one attached hydrogen (secondary N) is 1. The van der Waals surface area contributed by atoms with Crippen LogP contribution in [0.2, 0.25) is 0 Å². The standard InChI is InChI=1S/C20H14FN3O5S/c21-14-7-4-8-15(11-14)22-18(25)12-23-19(26)17(30-20(23)27)10-3-6-13-5-1-2-9-16(13)24(28)29/h1-11H,12H2,(H,22,25)/b6-3+,17-10+. The SMILES string of the molecule is O=C(CN1C(=O)S/C(=C/C=C/c2ccccc2[N+](=O)[O-])C1=O)Nc1cccc(F)c1. The van der Waals surface area contributed by atoms with Gasteiger partial charge in [0.05, 0.1) is 15.4 Å². The van der Waals surface area contributed by atoms with Gasteiger partial charge in [-0.1, -0.05) is 24.3 Å². The van der Waals surface area contributed by atoms with Crippen LogP contribution < -0.4 is 5.32 Å². The second-order valence-corrected chi connectivity index (χ2v) is 7.02. The molecule has 1 aliphatic rings. The summed E-state index contributed by atoms with van der Waals surface area (Å²) in [7, 11) is 0. The molecule has 0 aliphatic carbocycles. The molecule has 3 rings (SSSR count). The van der Waals surface area contributed by atoms with Gasteiger partial charge in [-0.15, -0.1) is 0 Å². The van der Waals surface area contributed by atoms with Crippen molar-refractivity contribution in [3.8, 4) is 0 Å². The molecule has 2 aromatic carbocycles. The summed E-state index contributed by atoms with van der Waals surface area (Å²) in [6.07, 6.45) is 4.22. The summed E-state index contributed by atoms with van der Waals surface area (Å²) >= 11 is 0.652. The van der Waals surface area contributed by atoms with E-state index in [1.807, 2.05) is 0 Å². The van der Waals surface area contributed by atoms with Crippen LogP contribution in [0.1, 0.15) is 5.56 Å². The minimum atomic E-state index is -0.661. The smallest absolute Gasteiger partial charge is 0.294 e. The number of allylic oxidation sites excluding steroid dienone is 2. The average molecular weight is 427 g/mol. The van der Waals surface area contributed by atoms with Crippen LogP contribution in [0.5, 0.6) is 0 Å². The van der Waals surface area contributed by atoms with Crippen LogP contribution in [0.25, 0.3) is 6.08 Å². The van der Waals surface area contributed by atoms with Crippen LogP contribution in [0.15, 0.2) is 65.6 Å². The number of hydrogen-bond donors (Lipinski definition) is 1. The van der Waals surface area contributed by atoms with E-state index in [-0.39, 0.29) is 16.3 Å². The average Bonchev–Trinajstić information content (AvgIpc) is 2.96. The Morgan fingerprint density at radius 3 is 2.70 bits per heavy atom. The first kappa shape index (κ1) is 20.9. The minimum absolute atomic E-state index is 0.0772. The largest absolute Gasteiger partial charge is 0.324 e. The fourth-order valence-electron chi connectivity index (χ4n) is 2.59. The van der Waals surface area contributed by atoms with Gasteiger partial charge in [0.15, 0.2) is 0 Å². The molecule has 0 saturated carbocycles. The van der Waals surface area contributed by atoms with E-state index in [0.717, 1.165) is 11.0 Å². The van der Waals surface area contributed by atoms with Crippen molar-refractivity contribution in [1.29, 1.82) is 0 Å². The summed E-state index contributed by atoms with van der Waals surface area (Å²) < 4.78 is 13.2. The number of carbonyl (C=O) groups is 3. The Morgan fingerprint density at radius 1 is 1.20 bits per heavy atom. The summed E-state index contributed by atoms with van der Waals surface area (Å²) in [6, 6.07) is 11.3. The minimum Gasteiger partial charge on any atom is -0.324 e. The highest BCUT2D eigenvalue weighted by Gasteiger charge is 2.36. The van der Waals surface area contributed by atoms with E-state index < -0.39 is 34.3 Å². The van der Waals surface area contributed by atoms with E-state index in [0.29, 0.717) is 17.3 Å². The van der Waals surface area contributed by atoms with Gasteiger partial charge in [-0.3, -0.25) is 29.4 Å². The molecule has 0 bridgehead atoms. The van der Waals surface area contributed by atoms with E-state index in [2.05, 4.69) is 5.32 Å². The first-order chi connectivity index (χ1) is 14.3. The molecule has 1 aliphatic heterocycles. The Kier molecular flexibility index (Phi) is 6.38. The number of nitro groups is 1. The maximum atomic E-state index is 13.2. The summed E-state index contributed by atoms with van der Waals surface area (Å²) in [5.74, 6) is -1.85. The number of nitro benzene ring substituents is 1. The van der Waals surface area contributed by atoms with Crippen molar-refractivity contribution in [2.45, 2.75) is 0 Å². The fraction of sp³-hybridized carbons (Fsp3) is 0.0500. The first-order valence-electron chi connectivity index (χ1n) is 8.56. The van der Waals surface area contributed by atoms with Gasteiger partial charge >= 0.3 is 0 Å². The van der Waals surface area contributed by atoms with E-state index in [4.69, 9.17) is 0 Å². The number of thioether (sulfide) groups is 1. The number of amides is 3. The normalized spacial score (nSPS) is 15.2. The lowest BCUT2D eigenvalue weighted by atomic mass is 10.1. The molecule has 0 radical (unpaired) electrons. The Hall–Kier alpha value is -3.79. The van der Waals surface area contributed by atoms with Crippen molar-refractivity contribution < 1.29 is 23.7 Å². The zero-order valence-corrected chi connectivity index (χ0v) is 16.1. The number of imide groups is 1. The van der Waals surface area contributed by atoms with Crippen molar-refractivity contribution in [1.82, 2.24) is 4.90 Å². The molecular weight excluding hydrogens is 413 g/mol. The van der Waals surface area contributed by atoms with Crippen molar-refractivity contribution in [3.05, 3.63) is 87.1 Å². The Bertz CT molecular complexity index is 1100. The summed E-state index contributed by atoms with van der Waals surface area (Å²) in [5, 5.41) is 12.8. The third-order valence-corrected chi connectivity index (χ3v) is 4.87. The topological polar surface area (TPSA) is 110 Å². The van der Waals surface area contributed by atoms with Gasteiger partial charge in [0, 0.05) is 11.8 Å². The third-order valence-electron chi connectivity index (χ3n) is 3.94. The van der Waals surface area contributed by atoms with Crippen LogP contribution >= 0.6 is 11.8 Å². The highest BCUT2D eigenvalue weighted by molar-refractivity contribution is 8.18. The van der Waals surface area contributed by atoms with Crippen molar-refractivity contribution >= 4 is 46.3 Å². The van der Waals surface area contributed by atoms with Crippen molar-refractivity contribution in [3.63, 3.8) is 0 Å². The number of halogens is 1. The van der Waals surface area contributed by atoms with Gasteiger partial charge < -0.3 is 5.32 Å². The van der Waals surface area contributed by atoms with Crippen LogP contribution in [0.3, 0.4) is 0 Å². The Morgan fingerprint density at radius 2 is 1.97 bits per heavy atom. The molecule has 0 atom stereocenters. The van der Waals surface area contributed by atoms with Gasteiger partial charge in [-0.2, -0.15) is 0 Å². The van der Waals surface area contributed by atoms with Crippen LogP contribution in [-0.2, 0) is 9.59 Å². The lowest BCUT2D eigenvalue weighted by Crippen LogP contribution is -2.36. The molecule has 8 nitrogen and oxygen atoms in total. The maximum Gasteiger partial charge on any atom is 0.294 e. The second kappa shape index (κ2) is 9.14. The number of para-hydroxylation sites is 1. The van der Waals surface area contributed by atoms with Gasteiger partial charge in [-0.25, -0.2) is 4.39 Å². The lowest BCUT2D eigenvalue weighted by molar-refractivity contribution is -0.385. The van der Waals surface area contributed by atoms with Crippen molar-refractivity contribution in [2.24, 2.45) is 0 Å². The zero-order valence-electron chi connectivity index (χ0n) is 15.3. The van der Waals surface area contributed by atoms with Gasteiger partial charge in [0.2, 0.25) is 5.91 Å². The molecule has 152 valence electrons. The van der Waals surface area contributed by atoms with E-state index >= 15 is 0 Å². The van der Waals surface area contributed by atoms with Gasteiger partial charge in [0.25, 0.3) is 16.8 Å². The number of nitrogens with zero attached hydrogens (tertiary/aromatic N) is 2. The van der Waals surface area contributed by atoms with Gasteiger partial charge in [-0.05, 0) is 48.2 Å². The summed E-state index contributed by atoms with van der Waals surface area (Å²) in [4.78, 5) is 47.9. The van der Waals surface area contributed by atoms with Crippen LogP contribution in [0.4, 0.5) is 20.6 Å². The molecule has 3 amide bonds. The number of hydrogen-bond acceptors (Lipinski definition) is 6. The number of benzene rings is 2. The molecule has 30 heavy (non-hydrogen) atoms. The van der Waals surface area contributed by atoms with Crippen molar-refractivity contribution in [2.75, 3.05) is 11.9 Å². The summed E-state index contributed by atoms with van der Waals surface area (Å²) in [5.41, 5.74) is 0.451. The molecule has 0 unspecified atom stereocenters. The lowest BCUT2D eigenvalue weighted by Gasteiger charge is -2.12. The molecule has 2 aromatic rings. The molecule has 1 heterocycles. The zero-order chi connectivity index (χ0) is 21.7. The molecule has 1 fully saturated rings. The second-order valence-electron chi connectivity index (χ2n) is 6.02. The predicted octanol–water partition coefficient (Wildman–Crippen LogP) is 3.97. The fourth-order valence-corrected chi connectivity index (χ4v) is 3.38. The van der Waals surface area contributed by atoms with Gasteiger partial charge in [0.1, 0.15) is 12.4 Å². The third kappa shape index (κ3) is 4.97. The van der Waals surface area contributed by atoms with E-state index in [1.165, 1.54) is 48.6 Å². The maximum absolute atomic E-state index is 13.2. The van der Waals surface area contributed by atoms with E-state index in [9.17, 15) is 28.9 Å². The molecular formula is C20H14FN3O5S. The monoisotopic (exact) mass is 427 g/mol. The van der Waals surface area contributed by atoms with E-state index in [1.54, 1.807) is 12.1 Å². The molecule has 1 N–H and O–H groups in total. The number of carbonyl (C=O) groups excluding carboxylic acids is 3. The van der Waals surface area contributed by atoms with Crippen LogP contribution in [-0.4, -0.2) is 33.4 Å². The molecule has 10 heteroatoms.